The van der Waals surface area contributed by atoms with Gasteiger partial charge in [-0.1, -0.05) is 6.07 Å². The number of methoxy groups -OCH3 is 2. The van der Waals surface area contributed by atoms with E-state index in [9.17, 15) is 9.18 Å². The number of ether oxygens (including phenoxy) is 3. The van der Waals surface area contributed by atoms with Gasteiger partial charge in [0.15, 0.2) is 17.2 Å². The molecule has 0 bridgehead atoms. The number of nitrogens with one attached hydrogen (secondary N) is 1. The molecule has 0 saturated heterocycles. The van der Waals surface area contributed by atoms with Gasteiger partial charge in [-0.05, 0) is 36.8 Å². The number of carbonyl (C=O) groups excluding carboxylic acids is 1. The Balaban J connectivity index is 1.78. The van der Waals surface area contributed by atoms with Crippen LogP contribution in [0.2, 0.25) is 0 Å². The Morgan fingerprint density at radius 2 is 2.00 bits per heavy atom. The number of rotatable bonds is 9. The van der Waals surface area contributed by atoms with Crippen molar-refractivity contribution in [2.24, 2.45) is 5.73 Å². The second-order valence-electron chi connectivity index (χ2n) is 7.49. The first-order valence-corrected chi connectivity index (χ1v) is 10.4. The maximum atomic E-state index is 14.2. The quantitative estimate of drug-likeness (QED) is 0.362. The zero-order chi connectivity index (χ0) is 24.2. The summed E-state index contributed by atoms with van der Waals surface area (Å²) in [6.45, 7) is 2.82. The molecule has 0 aliphatic rings. The Morgan fingerprint density at radius 3 is 2.68 bits per heavy atom. The summed E-state index contributed by atoms with van der Waals surface area (Å²) in [6.07, 6.45) is 1.68. The highest BCUT2D eigenvalue weighted by atomic mass is 19.1. The summed E-state index contributed by atoms with van der Waals surface area (Å²) in [5.74, 6) is -0.442. The van der Waals surface area contributed by atoms with Crippen molar-refractivity contribution < 1.29 is 23.4 Å². The topological polar surface area (TPSA) is 113 Å². The smallest absolute Gasteiger partial charge is 0.248 e. The fraction of sp³-hybridized carbons (Fsp3) is 0.208. The number of primary amides is 1. The standard InChI is InChI=1S/C24H24FN5O4/c1-14-10-15(4-6-17(14)23(26)31)20-13-28-24-19(27-8-9-32-2)12-22(29-30(20)24)34-16-5-7-21(33-3)18(25)11-16/h4-7,10-13,27H,8-9H2,1-3H3,(H2,26,31). The number of carbonyl (C=O) groups is 1. The summed E-state index contributed by atoms with van der Waals surface area (Å²) in [5.41, 5.74) is 9.31. The maximum absolute atomic E-state index is 14.2. The number of halogens is 1. The Bertz CT molecular complexity index is 1350. The van der Waals surface area contributed by atoms with E-state index >= 15 is 0 Å². The molecule has 0 aliphatic carbocycles. The van der Waals surface area contributed by atoms with Gasteiger partial charge in [0.25, 0.3) is 0 Å². The van der Waals surface area contributed by atoms with Crippen molar-refractivity contribution in [2.75, 3.05) is 32.7 Å². The average Bonchev–Trinajstić information content (AvgIpc) is 3.23. The summed E-state index contributed by atoms with van der Waals surface area (Å²) in [6, 6.07) is 11.3. The molecule has 1 amide bonds. The van der Waals surface area contributed by atoms with Crippen LogP contribution in [-0.2, 0) is 4.74 Å². The number of hydrogen-bond acceptors (Lipinski definition) is 7. The third-order valence-electron chi connectivity index (χ3n) is 5.20. The molecular weight excluding hydrogens is 441 g/mol. The number of anilines is 1. The summed E-state index contributed by atoms with van der Waals surface area (Å²) in [5, 5.41) is 7.83. The summed E-state index contributed by atoms with van der Waals surface area (Å²) in [7, 11) is 3.01. The average molecular weight is 465 g/mol. The molecule has 0 unspecified atom stereocenters. The fourth-order valence-electron chi connectivity index (χ4n) is 3.54. The highest BCUT2D eigenvalue weighted by molar-refractivity contribution is 5.94. The lowest BCUT2D eigenvalue weighted by Gasteiger charge is -2.12. The molecule has 34 heavy (non-hydrogen) atoms. The minimum Gasteiger partial charge on any atom is -0.494 e. The van der Waals surface area contributed by atoms with Crippen LogP contribution in [0.15, 0.2) is 48.7 Å². The lowest BCUT2D eigenvalue weighted by Crippen LogP contribution is -2.12. The Hall–Kier alpha value is -4.18. The third kappa shape index (κ3) is 4.62. The van der Waals surface area contributed by atoms with E-state index in [2.05, 4.69) is 15.4 Å². The number of aromatic nitrogens is 3. The molecule has 10 heteroatoms. The van der Waals surface area contributed by atoms with Crippen molar-refractivity contribution in [3.8, 4) is 28.6 Å². The van der Waals surface area contributed by atoms with E-state index in [4.69, 9.17) is 19.9 Å². The first-order chi connectivity index (χ1) is 16.4. The third-order valence-corrected chi connectivity index (χ3v) is 5.20. The van der Waals surface area contributed by atoms with E-state index in [1.54, 1.807) is 42.1 Å². The second kappa shape index (κ2) is 9.75. The zero-order valence-electron chi connectivity index (χ0n) is 19.0. The summed E-state index contributed by atoms with van der Waals surface area (Å²) in [4.78, 5) is 16.1. The molecule has 3 N–H and O–H groups in total. The predicted octanol–water partition coefficient (Wildman–Crippen LogP) is 3.80. The first-order valence-electron chi connectivity index (χ1n) is 10.4. The molecule has 4 rings (SSSR count). The highest BCUT2D eigenvalue weighted by Gasteiger charge is 2.16. The molecule has 176 valence electrons. The van der Waals surface area contributed by atoms with Crippen molar-refractivity contribution >= 4 is 17.2 Å². The highest BCUT2D eigenvalue weighted by Crippen LogP contribution is 2.31. The van der Waals surface area contributed by atoms with Gasteiger partial charge in [0.05, 0.1) is 31.3 Å². The van der Waals surface area contributed by atoms with Crippen molar-refractivity contribution in [3.63, 3.8) is 0 Å². The van der Waals surface area contributed by atoms with Gasteiger partial charge in [0.2, 0.25) is 11.8 Å². The van der Waals surface area contributed by atoms with Gasteiger partial charge >= 0.3 is 0 Å². The molecule has 0 radical (unpaired) electrons. The molecule has 2 aromatic carbocycles. The van der Waals surface area contributed by atoms with Crippen molar-refractivity contribution in [3.05, 3.63) is 65.6 Å². The van der Waals surface area contributed by atoms with Gasteiger partial charge < -0.3 is 25.3 Å². The molecule has 0 aliphatic heterocycles. The number of fused-ring (bicyclic) bond motifs is 1. The van der Waals surface area contributed by atoms with Gasteiger partial charge in [-0.3, -0.25) is 4.79 Å². The van der Waals surface area contributed by atoms with E-state index in [1.165, 1.54) is 19.2 Å². The van der Waals surface area contributed by atoms with Crippen LogP contribution in [-0.4, -0.2) is 47.9 Å². The fourth-order valence-corrected chi connectivity index (χ4v) is 3.54. The van der Waals surface area contributed by atoms with E-state index in [-0.39, 0.29) is 17.4 Å². The van der Waals surface area contributed by atoms with Gasteiger partial charge in [0, 0.05) is 36.9 Å². The van der Waals surface area contributed by atoms with Crippen LogP contribution in [0.3, 0.4) is 0 Å². The van der Waals surface area contributed by atoms with Gasteiger partial charge in [0.1, 0.15) is 5.75 Å². The van der Waals surface area contributed by atoms with Crippen molar-refractivity contribution in [1.82, 2.24) is 14.6 Å². The van der Waals surface area contributed by atoms with E-state index in [0.717, 1.165) is 11.1 Å². The largest absolute Gasteiger partial charge is 0.494 e. The number of hydrogen-bond donors (Lipinski definition) is 2. The molecule has 0 fully saturated rings. The number of aryl methyl sites for hydroxylation is 1. The van der Waals surface area contributed by atoms with Crippen LogP contribution in [0.25, 0.3) is 16.9 Å². The lowest BCUT2D eigenvalue weighted by atomic mass is 10.0. The molecule has 0 atom stereocenters. The molecule has 4 aromatic rings. The lowest BCUT2D eigenvalue weighted by molar-refractivity contribution is 0.0999. The predicted molar refractivity (Wildman–Crippen MR) is 125 cm³/mol. The van der Waals surface area contributed by atoms with Crippen LogP contribution >= 0.6 is 0 Å². The van der Waals surface area contributed by atoms with E-state index in [1.807, 2.05) is 13.0 Å². The van der Waals surface area contributed by atoms with E-state index < -0.39 is 11.7 Å². The Morgan fingerprint density at radius 1 is 1.18 bits per heavy atom. The van der Waals surface area contributed by atoms with Gasteiger partial charge in [-0.25, -0.2) is 13.9 Å². The van der Waals surface area contributed by atoms with Crippen LogP contribution < -0.4 is 20.5 Å². The first kappa shape index (κ1) is 23.0. The molecule has 9 nitrogen and oxygen atoms in total. The summed E-state index contributed by atoms with van der Waals surface area (Å²) >= 11 is 0. The summed E-state index contributed by atoms with van der Waals surface area (Å²) < 4.78 is 31.7. The molecular formula is C24H24FN5O4. The number of benzene rings is 2. The minimum absolute atomic E-state index is 0.115. The van der Waals surface area contributed by atoms with E-state index in [0.29, 0.717) is 35.7 Å². The molecule has 2 aromatic heterocycles. The zero-order valence-corrected chi connectivity index (χ0v) is 19.0. The number of nitrogens with two attached hydrogens (primary N) is 1. The number of nitrogens with zero attached hydrogens (tertiary/aromatic N) is 3. The molecule has 2 heterocycles. The normalized spacial score (nSPS) is 10.9. The van der Waals surface area contributed by atoms with Crippen LogP contribution in [0.5, 0.6) is 17.4 Å². The number of imidazole rings is 1. The monoisotopic (exact) mass is 465 g/mol. The van der Waals surface area contributed by atoms with Gasteiger partial charge in [-0.15, -0.1) is 5.10 Å². The number of amides is 1. The second-order valence-corrected chi connectivity index (χ2v) is 7.49. The molecule has 0 spiro atoms. The minimum atomic E-state index is -0.548. The molecule has 0 saturated carbocycles. The SMILES string of the molecule is COCCNc1cc(Oc2ccc(OC)c(F)c2)nn2c(-c3ccc(C(N)=O)c(C)c3)cnc12. The maximum Gasteiger partial charge on any atom is 0.248 e. The van der Waals surface area contributed by atoms with Crippen molar-refractivity contribution in [1.29, 1.82) is 0 Å². The van der Waals surface area contributed by atoms with Gasteiger partial charge in [-0.2, -0.15) is 0 Å². The Kier molecular flexibility index (Phi) is 6.60. The van der Waals surface area contributed by atoms with Crippen molar-refractivity contribution in [2.45, 2.75) is 6.92 Å². The van der Waals surface area contributed by atoms with Crippen LogP contribution in [0.1, 0.15) is 15.9 Å². The Labute approximate surface area is 195 Å². The van der Waals surface area contributed by atoms with Crippen LogP contribution in [0, 0.1) is 12.7 Å². The van der Waals surface area contributed by atoms with Crippen LogP contribution in [0.4, 0.5) is 10.1 Å².